The van der Waals surface area contributed by atoms with E-state index < -0.39 is 0 Å². The molecule has 0 saturated heterocycles. The summed E-state index contributed by atoms with van der Waals surface area (Å²) in [5.41, 5.74) is 1.27. The van der Waals surface area contributed by atoms with Gasteiger partial charge in [-0.1, -0.05) is 49.4 Å². The van der Waals surface area contributed by atoms with Gasteiger partial charge in [0.1, 0.15) is 0 Å². The van der Waals surface area contributed by atoms with E-state index in [1.54, 1.807) is 0 Å². The molecule has 0 N–H and O–H groups in total. The molecule has 1 aromatic carbocycles. The molecule has 2 heteroatoms. The molecule has 5 rings (SSSR count). The van der Waals surface area contributed by atoms with Crippen LogP contribution in [0.2, 0.25) is 0 Å². The van der Waals surface area contributed by atoms with Crippen LogP contribution in [0.15, 0.2) is 42.5 Å². The number of benzene rings is 1. The van der Waals surface area contributed by atoms with Gasteiger partial charge in [-0.05, 0) is 17.4 Å². The average Bonchev–Trinajstić information content (AvgIpc) is 3.05. The van der Waals surface area contributed by atoms with Crippen LogP contribution in [0.1, 0.15) is 12.5 Å². The van der Waals surface area contributed by atoms with Gasteiger partial charge in [-0.15, -0.1) is 0 Å². The van der Waals surface area contributed by atoms with Crippen molar-refractivity contribution in [2.24, 2.45) is 23.7 Å². The van der Waals surface area contributed by atoms with Crippen LogP contribution < -0.4 is 0 Å². The Labute approximate surface area is 106 Å². The number of allylic oxidation sites excluding steroid dienone is 2. The van der Waals surface area contributed by atoms with Crippen LogP contribution in [0.25, 0.3) is 0 Å². The Hall–Kier alpha value is -1.70. The van der Waals surface area contributed by atoms with Crippen molar-refractivity contribution < 1.29 is 9.59 Å². The normalized spacial score (nSPS) is 44.1. The van der Waals surface area contributed by atoms with Gasteiger partial charge in [0.15, 0.2) is 0 Å². The van der Waals surface area contributed by atoms with Gasteiger partial charge < -0.3 is 0 Å². The van der Waals surface area contributed by atoms with Gasteiger partial charge in [0.2, 0.25) is 11.6 Å². The number of rotatable bonds is 1. The van der Waals surface area contributed by atoms with Gasteiger partial charge in [0.25, 0.3) is 0 Å². The highest BCUT2D eigenvalue weighted by Crippen LogP contribution is 2.70. The van der Waals surface area contributed by atoms with Gasteiger partial charge in [-0.25, -0.2) is 0 Å². The lowest BCUT2D eigenvalue weighted by molar-refractivity contribution is -0.142. The zero-order valence-corrected chi connectivity index (χ0v) is 10.2. The molecule has 4 aliphatic rings. The van der Waals surface area contributed by atoms with Gasteiger partial charge in [-0.2, -0.15) is 0 Å². The standard InChI is InChI=1S/C16H14O2/c1-16(9-5-3-2-4-6-9)12-10-7-8-11(13(12)16)15(18)14(10)17/h2-8,10-13H,1H3/t10-,11+,12+,13-,16?. The molecular formula is C16H14O2. The first-order valence-corrected chi connectivity index (χ1v) is 6.47. The first kappa shape index (κ1) is 10.2. The van der Waals surface area contributed by atoms with Crippen LogP contribution in [-0.4, -0.2) is 11.6 Å². The third-order valence-corrected chi connectivity index (χ3v) is 5.21. The minimum Gasteiger partial charge on any atom is -0.290 e. The lowest BCUT2D eigenvalue weighted by Crippen LogP contribution is -2.39. The molecule has 2 nitrogen and oxygen atoms in total. The van der Waals surface area contributed by atoms with Crippen molar-refractivity contribution in [3.63, 3.8) is 0 Å². The zero-order chi connectivity index (χ0) is 12.5. The predicted octanol–water partition coefficient (Wildman–Crippen LogP) is 2.14. The molecule has 0 amide bonds. The molecule has 0 heterocycles. The number of carbonyl (C=O) groups is 2. The fourth-order valence-electron chi connectivity index (χ4n) is 4.26. The molecule has 18 heavy (non-hydrogen) atoms. The summed E-state index contributed by atoms with van der Waals surface area (Å²) < 4.78 is 0. The highest BCUT2D eigenvalue weighted by Gasteiger charge is 2.73. The first-order chi connectivity index (χ1) is 8.65. The number of hydrogen-bond acceptors (Lipinski definition) is 2. The van der Waals surface area contributed by atoms with E-state index in [1.165, 1.54) is 5.56 Å². The van der Waals surface area contributed by atoms with Crippen molar-refractivity contribution in [1.82, 2.24) is 0 Å². The van der Waals surface area contributed by atoms with Crippen molar-refractivity contribution >= 4 is 11.6 Å². The Balaban J connectivity index is 1.82. The molecule has 0 aromatic heterocycles. The third-order valence-electron chi connectivity index (χ3n) is 5.21. The van der Waals surface area contributed by atoms with E-state index in [9.17, 15) is 9.59 Å². The van der Waals surface area contributed by atoms with Crippen molar-refractivity contribution in [2.45, 2.75) is 12.3 Å². The largest absolute Gasteiger partial charge is 0.290 e. The zero-order valence-electron chi connectivity index (χ0n) is 10.2. The topological polar surface area (TPSA) is 34.1 Å². The molecule has 4 aliphatic carbocycles. The predicted molar refractivity (Wildman–Crippen MR) is 66.9 cm³/mol. The average molecular weight is 238 g/mol. The summed E-state index contributed by atoms with van der Waals surface area (Å²) in [5.74, 6) is 0.00224. The molecule has 2 bridgehead atoms. The van der Waals surface area contributed by atoms with Crippen molar-refractivity contribution in [3.8, 4) is 0 Å². The number of hydrogen-bond donors (Lipinski definition) is 0. The number of fused-ring (bicyclic) bond motifs is 1. The Morgan fingerprint density at radius 1 is 0.889 bits per heavy atom. The maximum Gasteiger partial charge on any atom is 0.206 e. The van der Waals surface area contributed by atoms with E-state index in [1.807, 2.05) is 30.4 Å². The van der Waals surface area contributed by atoms with Gasteiger partial charge in [0, 0.05) is 17.3 Å². The Kier molecular flexibility index (Phi) is 1.71. The maximum absolute atomic E-state index is 11.9. The van der Waals surface area contributed by atoms with Gasteiger partial charge >= 0.3 is 0 Å². The van der Waals surface area contributed by atoms with Crippen molar-refractivity contribution in [1.29, 1.82) is 0 Å². The quantitative estimate of drug-likeness (QED) is 0.555. The minimum atomic E-state index is -0.169. The Bertz CT molecular complexity index is 554. The molecule has 0 radical (unpaired) electrons. The molecule has 0 spiro atoms. The summed E-state index contributed by atoms with van der Waals surface area (Å²) in [6.45, 7) is 2.20. The van der Waals surface area contributed by atoms with Crippen LogP contribution in [0.5, 0.6) is 0 Å². The van der Waals surface area contributed by atoms with E-state index in [4.69, 9.17) is 0 Å². The second kappa shape index (κ2) is 3.00. The third kappa shape index (κ3) is 0.961. The van der Waals surface area contributed by atoms with Crippen molar-refractivity contribution in [3.05, 3.63) is 48.0 Å². The summed E-state index contributed by atoms with van der Waals surface area (Å²) in [6, 6.07) is 10.3. The van der Waals surface area contributed by atoms with E-state index in [0.717, 1.165) is 0 Å². The number of ketones is 2. The summed E-state index contributed by atoms with van der Waals surface area (Å²) in [6.07, 6.45) is 3.92. The van der Waals surface area contributed by atoms with E-state index in [-0.39, 0.29) is 28.8 Å². The highest BCUT2D eigenvalue weighted by atomic mass is 16.2. The fraction of sp³-hybridized carbons (Fsp3) is 0.375. The van der Waals surface area contributed by atoms with Gasteiger partial charge in [-0.3, -0.25) is 9.59 Å². The first-order valence-electron chi connectivity index (χ1n) is 6.47. The van der Waals surface area contributed by atoms with Crippen LogP contribution in [0.4, 0.5) is 0 Å². The van der Waals surface area contributed by atoms with Crippen molar-refractivity contribution in [2.75, 3.05) is 0 Å². The van der Waals surface area contributed by atoms with Gasteiger partial charge in [0.05, 0.1) is 0 Å². The summed E-state index contributed by atoms with van der Waals surface area (Å²) in [7, 11) is 0. The van der Waals surface area contributed by atoms with E-state index in [0.29, 0.717) is 11.8 Å². The second-order valence-corrected chi connectivity index (χ2v) is 5.87. The van der Waals surface area contributed by atoms with E-state index >= 15 is 0 Å². The second-order valence-electron chi connectivity index (χ2n) is 5.87. The Morgan fingerprint density at radius 3 is 1.89 bits per heavy atom. The fourth-order valence-corrected chi connectivity index (χ4v) is 4.26. The molecular weight excluding hydrogens is 224 g/mol. The molecule has 1 aromatic rings. The summed E-state index contributed by atoms with van der Waals surface area (Å²) in [5, 5.41) is 0. The minimum absolute atomic E-state index is 0.00190. The molecule has 0 aliphatic heterocycles. The van der Waals surface area contributed by atoms with Crippen LogP contribution in [0.3, 0.4) is 0 Å². The van der Waals surface area contributed by atoms with Crippen LogP contribution in [0, 0.1) is 23.7 Å². The molecule has 90 valence electrons. The molecule has 1 unspecified atom stereocenters. The maximum atomic E-state index is 11.9. The molecule has 2 fully saturated rings. The van der Waals surface area contributed by atoms with Crippen LogP contribution in [-0.2, 0) is 15.0 Å². The lowest BCUT2D eigenvalue weighted by atomic mass is 9.74. The number of Topliss-reactive ketones (excluding diaryl/α,β-unsaturated/α-hetero) is 2. The Morgan fingerprint density at radius 2 is 1.39 bits per heavy atom. The monoisotopic (exact) mass is 238 g/mol. The van der Waals surface area contributed by atoms with E-state index in [2.05, 4.69) is 19.1 Å². The summed E-state index contributed by atoms with van der Waals surface area (Å²) in [4.78, 5) is 23.9. The summed E-state index contributed by atoms with van der Waals surface area (Å²) >= 11 is 0. The van der Waals surface area contributed by atoms with Crippen LogP contribution >= 0.6 is 0 Å². The lowest BCUT2D eigenvalue weighted by Gasteiger charge is -2.26. The highest BCUT2D eigenvalue weighted by molar-refractivity contribution is 6.41. The smallest absolute Gasteiger partial charge is 0.206 e. The molecule has 5 atom stereocenters. The number of carbonyl (C=O) groups excluding carboxylic acids is 2. The molecule has 2 saturated carbocycles. The SMILES string of the molecule is CC1(c2ccccc2)[C@@H]2[C@H]1[C@@H]1C=C[C@H]2C(=O)C1=O.